The summed E-state index contributed by atoms with van der Waals surface area (Å²) in [4.78, 5) is 2.10. The Hall–Kier alpha value is -0.160. The highest BCUT2D eigenvalue weighted by atomic mass is 16.4. The molecule has 0 aromatic heterocycles. The van der Waals surface area contributed by atoms with E-state index in [1.54, 1.807) is 0 Å². The van der Waals surface area contributed by atoms with Crippen molar-refractivity contribution < 1.29 is 15.3 Å². The molecule has 0 aromatic carbocycles. The highest BCUT2D eigenvalue weighted by Gasteiger charge is 2.55. The molecule has 4 heteroatoms. The molecular weight excluding hydrogens is 170 g/mol. The summed E-state index contributed by atoms with van der Waals surface area (Å²) in [7, 11) is 0. The highest BCUT2D eigenvalue weighted by molar-refractivity contribution is 5.09. The largest absolute Gasteiger partial charge is 0.393 e. The van der Waals surface area contributed by atoms with Crippen molar-refractivity contribution in [3.63, 3.8) is 0 Å². The fourth-order valence-electron chi connectivity index (χ4n) is 2.67. The molecule has 0 aliphatic carbocycles. The van der Waals surface area contributed by atoms with Crippen molar-refractivity contribution in [2.75, 3.05) is 13.2 Å². The first-order chi connectivity index (χ1) is 6.09. The second-order valence-corrected chi connectivity index (χ2v) is 4.30. The normalized spacial score (nSPS) is 51.2. The van der Waals surface area contributed by atoms with Gasteiger partial charge in [0.25, 0.3) is 0 Å². The second kappa shape index (κ2) is 2.92. The van der Waals surface area contributed by atoms with Gasteiger partial charge in [0.05, 0.1) is 12.7 Å². The monoisotopic (exact) mass is 187 g/mol. The van der Waals surface area contributed by atoms with Gasteiger partial charge in [-0.1, -0.05) is 0 Å². The lowest BCUT2D eigenvalue weighted by molar-refractivity contribution is -0.0950. The molecule has 2 saturated heterocycles. The van der Waals surface area contributed by atoms with E-state index in [1.165, 1.54) is 0 Å². The zero-order chi connectivity index (χ0) is 9.64. The minimum atomic E-state index is -1.29. The minimum absolute atomic E-state index is 0.0532. The van der Waals surface area contributed by atoms with Crippen LogP contribution in [0.5, 0.6) is 0 Å². The number of nitrogens with zero attached hydrogens (tertiary/aromatic N) is 1. The molecule has 0 spiro atoms. The third-order valence-corrected chi connectivity index (χ3v) is 3.62. The molecule has 2 rings (SSSR count). The minimum Gasteiger partial charge on any atom is -0.393 e. The molecule has 0 saturated carbocycles. The van der Waals surface area contributed by atoms with Gasteiger partial charge in [-0.25, -0.2) is 0 Å². The van der Waals surface area contributed by atoms with Crippen LogP contribution >= 0.6 is 0 Å². The van der Waals surface area contributed by atoms with E-state index in [-0.39, 0.29) is 12.6 Å². The Bertz CT molecular complexity index is 211. The number of hydrogen-bond acceptors (Lipinski definition) is 4. The van der Waals surface area contributed by atoms with Gasteiger partial charge in [0.15, 0.2) is 0 Å². The maximum Gasteiger partial charge on any atom is 0.130 e. The zero-order valence-electron chi connectivity index (χ0n) is 7.85. The summed E-state index contributed by atoms with van der Waals surface area (Å²) in [6, 6.07) is 0.364. The summed E-state index contributed by atoms with van der Waals surface area (Å²) >= 11 is 0. The van der Waals surface area contributed by atoms with E-state index >= 15 is 0 Å². The van der Waals surface area contributed by atoms with Crippen molar-refractivity contribution in [3.8, 4) is 0 Å². The van der Waals surface area contributed by atoms with Crippen LogP contribution in [0, 0.1) is 0 Å². The molecule has 76 valence electrons. The molecule has 2 fully saturated rings. The van der Waals surface area contributed by atoms with Crippen LogP contribution < -0.4 is 0 Å². The van der Waals surface area contributed by atoms with E-state index in [9.17, 15) is 10.2 Å². The first-order valence-corrected chi connectivity index (χ1v) is 4.86. The van der Waals surface area contributed by atoms with E-state index in [4.69, 9.17) is 5.11 Å². The van der Waals surface area contributed by atoms with Gasteiger partial charge in [0.2, 0.25) is 0 Å². The number of aliphatic hydroxyl groups excluding tert-OH is 2. The number of rotatable bonds is 1. The molecule has 2 aliphatic heterocycles. The lowest BCUT2D eigenvalue weighted by Gasteiger charge is -2.29. The molecule has 2 heterocycles. The van der Waals surface area contributed by atoms with Crippen molar-refractivity contribution in [3.05, 3.63) is 0 Å². The van der Waals surface area contributed by atoms with Crippen LogP contribution in [-0.4, -0.2) is 57.2 Å². The highest BCUT2D eigenvalue weighted by Crippen LogP contribution is 2.38. The molecule has 13 heavy (non-hydrogen) atoms. The van der Waals surface area contributed by atoms with Crippen LogP contribution in [0.3, 0.4) is 0 Å². The molecular formula is C9H17NO3. The van der Waals surface area contributed by atoms with Crippen molar-refractivity contribution in [2.24, 2.45) is 0 Å². The van der Waals surface area contributed by atoms with E-state index in [2.05, 4.69) is 11.8 Å². The fourth-order valence-corrected chi connectivity index (χ4v) is 2.67. The number of hydrogen-bond donors (Lipinski definition) is 3. The number of fused-ring (bicyclic) bond motifs is 1. The summed E-state index contributed by atoms with van der Waals surface area (Å²) in [5.41, 5.74) is -1.29. The molecule has 0 aromatic rings. The van der Waals surface area contributed by atoms with Crippen LogP contribution in [-0.2, 0) is 0 Å². The average molecular weight is 187 g/mol. The maximum absolute atomic E-state index is 10.0. The zero-order valence-corrected chi connectivity index (χ0v) is 7.85. The Balaban J connectivity index is 2.22. The topological polar surface area (TPSA) is 63.9 Å². The summed E-state index contributed by atoms with van der Waals surface area (Å²) in [6.07, 6.45) is 1.11. The Morgan fingerprint density at radius 1 is 1.46 bits per heavy atom. The Morgan fingerprint density at radius 3 is 2.77 bits per heavy atom. The van der Waals surface area contributed by atoms with Crippen LogP contribution in [0.4, 0.5) is 0 Å². The van der Waals surface area contributed by atoms with Crippen molar-refractivity contribution in [1.82, 2.24) is 4.90 Å². The van der Waals surface area contributed by atoms with Crippen molar-refractivity contribution >= 4 is 0 Å². The predicted octanol–water partition coefficient (Wildman–Crippen LogP) is -1.06. The van der Waals surface area contributed by atoms with E-state index < -0.39 is 11.7 Å². The average Bonchev–Trinajstić information content (AvgIpc) is 2.57. The van der Waals surface area contributed by atoms with Crippen molar-refractivity contribution in [1.29, 1.82) is 0 Å². The summed E-state index contributed by atoms with van der Waals surface area (Å²) in [5.74, 6) is 0. The first-order valence-electron chi connectivity index (χ1n) is 4.86. The lowest BCUT2D eigenvalue weighted by Crippen LogP contribution is -2.50. The third kappa shape index (κ3) is 1.13. The van der Waals surface area contributed by atoms with Gasteiger partial charge in [0.1, 0.15) is 5.60 Å². The Morgan fingerprint density at radius 2 is 2.15 bits per heavy atom. The third-order valence-electron chi connectivity index (χ3n) is 3.62. The van der Waals surface area contributed by atoms with Gasteiger partial charge in [-0.2, -0.15) is 0 Å². The summed E-state index contributed by atoms with van der Waals surface area (Å²) < 4.78 is 0. The van der Waals surface area contributed by atoms with E-state index in [1.807, 2.05) is 0 Å². The van der Waals surface area contributed by atoms with Crippen LogP contribution in [0.15, 0.2) is 0 Å². The smallest absolute Gasteiger partial charge is 0.130 e. The fraction of sp³-hybridized carbons (Fsp3) is 1.00. The van der Waals surface area contributed by atoms with E-state index in [0.29, 0.717) is 12.6 Å². The number of aliphatic hydroxyl groups is 3. The van der Waals surface area contributed by atoms with Gasteiger partial charge in [-0.3, -0.25) is 4.90 Å². The maximum atomic E-state index is 10.0. The quantitative estimate of drug-likeness (QED) is 0.489. The predicted molar refractivity (Wildman–Crippen MR) is 47.2 cm³/mol. The van der Waals surface area contributed by atoms with Crippen LogP contribution in [0.25, 0.3) is 0 Å². The second-order valence-electron chi connectivity index (χ2n) is 4.30. The first kappa shape index (κ1) is 9.40. The molecule has 0 amide bonds. The van der Waals surface area contributed by atoms with Gasteiger partial charge < -0.3 is 15.3 Å². The van der Waals surface area contributed by atoms with E-state index in [0.717, 1.165) is 12.8 Å². The Labute approximate surface area is 77.8 Å². The molecule has 0 radical (unpaired) electrons. The van der Waals surface area contributed by atoms with Gasteiger partial charge in [-0.15, -0.1) is 0 Å². The lowest BCUT2D eigenvalue weighted by atomic mass is 9.91. The van der Waals surface area contributed by atoms with Gasteiger partial charge in [0, 0.05) is 18.6 Å². The summed E-state index contributed by atoms with van der Waals surface area (Å²) in [6.45, 7) is 2.24. The molecule has 4 unspecified atom stereocenters. The van der Waals surface area contributed by atoms with Gasteiger partial charge in [-0.05, 0) is 19.8 Å². The SMILES string of the molecule is CC1CCC2N1CC(O)C2(O)CO. The molecule has 3 N–H and O–H groups in total. The molecule has 4 nitrogen and oxygen atoms in total. The molecule has 4 atom stereocenters. The summed E-state index contributed by atoms with van der Waals surface area (Å²) in [5, 5.41) is 28.7. The Kier molecular flexibility index (Phi) is 2.11. The molecule has 2 aliphatic rings. The van der Waals surface area contributed by atoms with Crippen LogP contribution in [0.2, 0.25) is 0 Å². The van der Waals surface area contributed by atoms with Crippen molar-refractivity contribution in [2.45, 2.75) is 43.6 Å². The standard InChI is InChI=1S/C9H17NO3/c1-6-2-3-7-9(13,5-11)8(12)4-10(6)7/h6-8,11-13H,2-5H2,1H3. The molecule has 0 bridgehead atoms. The van der Waals surface area contributed by atoms with Gasteiger partial charge >= 0.3 is 0 Å². The van der Waals surface area contributed by atoms with Crippen LogP contribution in [0.1, 0.15) is 19.8 Å².